The lowest BCUT2D eigenvalue weighted by molar-refractivity contribution is 0.874. The number of anilines is 1. The molecule has 13 heavy (non-hydrogen) atoms. The highest BCUT2D eigenvalue weighted by atomic mass is 35.5. The van der Waals surface area contributed by atoms with Crippen LogP contribution in [-0.4, -0.2) is 24.8 Å². The molecule has 0 fully saturated rings. The first kappa shape index (κ1) is 10.7. The molecular weight excluding hydrogens is 205 g/mol. The van der Waals surface area contributed by atoms with Crippen LogP contribution in [0.4, 0.5) is 5.69 Å². The molecule has 0 bridgehead atoms. The second-order valence-corrected chi connectivity index (χ2v) is 3.38. The van der Waals surface area contributed by atoms with Gasteiger partial charge >= 0.3 is 0 Å². The Labute approximate surface area is 89.3 Å². The second kappa shape index (κ2) is 6.11. The van der Waals surface area contributed by atoms with Gasteiger partial charge in [-0.05, 0) is 18.2 Å². The van der Waals surface area contributed by atoms with Gasteiger partial charge in [-0.3, -0.25) is 0 Å². The maximum Gasteiger partial charge on any atom is 0.0399 e. The number of benzene rings is 1. The van der Waals surface area contributed by atoms with Gasteiger partial charge < -0.3 is 4.90 Å². The molecule has 0 unspecified atom stereocenters. The minimum absolute atomic E-state index is 0.621. The first-order valence-corrected chi connectivity index (χ1v) is 5.28. The Balaban J connectivity index is 2.64. The third kappa shape index (κ3) is 3.45. The van der Waals surface area contributed by atoms with Crippen LogP contribution in [0.5, 0.6) is 0 Å². The summed E-state index contributed by atoms with van der Waals surface area (Å²) >= 11 is 11.4. The van der Waals surface area contributed by atoms with Crippen LogP contribution in [0.1, 0.15) is 0 Å². The maximum absolute atomic E-state index is 5.69. The van der Waals surface area contributed by atoms with Crippen molar-refractivity contribution in [2.24, 2.45) is 0 Å². The van der Waals surface area contributed by atoms with Crippen molar-refractivity contribution in [3.63, 3.8) is 0 Å². The number of nitrogens with zero attached hydrogens (tertiary/aromatic N) is 1. The topological polar surface area (TPSA) is 3.24 Å². The van der Waals surface area contributed by atoms with Crippen molar-refractivity contribution in [3.8, 4) is 0 Å². The van der Waals surface area contributed by atoms with Gasteiger partial charge in [0.2, 0.25) is 0 Å². The van der Waals surface area contributed by atoms with E-state index in [2.05, 4.69) is 11.0 Å². The number of hydrogen-bond donors (Lipinski definition) is 0. The molecule has 0 aliphatic rings. The lowest BCUT2D eigenvalue weighted by Crippen LogP contribution is -2.27. The summed E-state index contributed by atoms with van der Waals surface area (Å²) in [5.41, 5.74) is 1.15. The average Bonchev–Trinajstić information content (AvgIpc) is 2.19. The van der Waals surface area contributed by atoms with Crippen molar-refractivity contribution in [2.75, 3.05) is 29.7 Å². The van der Waals surface area contributed by atoms with E-state index < -0.39 is 0 Å². The van der Waals surface area contributed by atoms with Crippen LogP contribution in [0.2, 0.25) is 0 Å². The van der Waals surface area contributed by atoms with Crippen LogP contribution in [0.15, 0.2) is 24.3 Å². The highest BCUT2D eigenvalue weighted by molar-refractivity contribution is 6.18. The standard InChI is InChI=1S/C10H12Cl2N/c11-6-8-13(9-7-12)10-4-2-1-3-5-10/h2-5H,6-9H2. The lowest BCUT2D eigenvalue weighted by atomic mass is 10.3. The monoisotopic (exact) mass is 216 g/mol. The van der Waals surface area contributed by atoms with Crippen LogP contribution in [0.3, 0.4) is 0 Å². The molecule has 0 heterocycles. The van der Waals surface area contributed by atoms with E-state index in [9.17, 15) is 0 Å². The molecule has 71 valence electrons. The Kier molecular flexibility index (Phi) is 5.02. The molecule has 0 atom stereocenters. The zero-order valence-corrected chi connectivity index (χ0v) is 8.85. The Morgan fingerprint density at radius 3 is 2.08 bits per heavy atom. The molecule has 0 aliphatic carbocycles. The molecule has 0 saturated carbocycles. The Morgan fingerprint density at radius 2 is 1.62 bits per heavy atom. The average molecular weight is 217 g/mol. The van der Waals surface area contributed by atoms with Gasteiger partial charge in [0.05, 0.1) is 0 Å². The number of alkyl halides is 2. The van der Waals surface area contributed by atoms with E-state index in [-0.39, 0.29) is 0 Å². The summed E-state index contributed by atoms with van der Waals surface area (Å²) in [7, 11) is 0. The summed E-state index contributed by atoms with van der Waals surface area (Å²) in [6.45, 7) is 1.66. The fraction of sp³-hybridized carbons (Fsp3) is 0.400. The zero-order valence-electron chi connectivity index (χ0n) is 7.34. The molecule has 0 aliphatic heterocycles. The molecular formula is C10H12Cl2N. The molecule has 1 aromatic rings. The van der Waals surface area contributed by atoms with E-state index in [1.165, 1.54) is 0 Å². The van der Waals surface area contributed by atoms with Gasteiger partial charge in [-0.2, -0.15) is 0 Å². The molecule has 1 rings (SSSR count). The van der Waals surface area contributed by atoms with E-state index in [0.717, 1.165) is 18.8 Å². The van der Waals surface area contributed by atoms with Gasteiger partial charge in [0, 0.05) is 30.5 Å². The van der Waals surface area contributed by atoms with E-state index in [0.29, 0.717) is 11.8 Å². The fourth-order valence-corrected chi connectivity index (χ4v) is 1.57. The van der Waals surface area contributed by atoms with E-state index in [1.54, 1.807) is 0 Å². The Hall–Kier alpha value is -0.400. The molecule has 0 N–H and O–H groups in total. The summed E-state index contributed by atoms with van der Waals surface area (Å²) in [6, 6.07) is 10.8. The SMILES string of the molecule is ClCCN(CCCl)c1cc[c]cc1. The highest BCUT2D eigenvalue weighted by Crippen LogP contribution is 2.12. The molecule has 3 heteroatoms. The van der Waals surface area contributed by atoms with Gasteiger partial charge in [0.25, 0.3) is 0 Å². The van der Waals surface area contributed by atoms with Crippen molar-refractivity contribution < 1.29 is 0 Å². The first-order valence-electron chi connectivity index (χ1n) is 4.21. The summed E-state index contributed by atoms with van der Waals surface area (Å²) in [5, 5.41) is 0. The number of halogens is 2. The summed E-state index contributed by atoms with van der Waals surface area (Å²) in [5.74, 6) is 1.24. The van der Waals surface area contributed by atoms with Gasteiger partial charge in [-0.15, -0.1) is 23.2 Å². The zero-order chi connectivity index (χ0) is 9.52. The highest BCUT2D eigenvalue weighted by Gasteiger charge is 2.02. The summed E-state index contributed by atoms with van der Waals surface area (Å²) in [6.07, 6.45) is 0. The fourth-order valence-electron chi connectivity index (χ4n) is 1.16. The van der Waals surface area contributed by atoms with E-state index in [4.69, 9.17) is 23.2 Å². The molecule has 1 nitrogen and oxygen atoms in total. The molecule has 0 aromatic heterocycles. The molecule has 0 amide bonds. The van der Waals surface area contributed by atoms with Gasteiger partial charge in [0.1, 0.15) is 0 Å². The number of rotatable bonds is 5. The third-order valence-electron chi connectivity index (χ3n) is 1.77. The Bertz CT molecular complexity index is 220. The van der Waals surface area contributed by atoms with Crippen LogP contribution in [0.25, 0.3) is 0 Å². The van der Waals surface area contributed by atoms with Crippen molar-refractivity contribution in [1.82, 2.24) is 0 Å². The smallest absolute Gasteiger partial charge is 0.0399 e. The maximum atomic E-state index is 5.69. The number of hydrogen-bond acceptors (Lipinski definition) is 1. The largest absolute Gasteiger partial charge is 0.369 e. The first-order chi connectivity index (χ1) is 6.38. The predicted octanol–water partition coefficient (Wildman–Crippen LogP) is 2.77. The Morgan fingerprint density at radius 1 is 1.08 bits per heavy atom. The van der Waals surface area contributed by atoms with Gasteiger partial charge in [0.15, 0.2) is 0 Å². The van der Waals surface area contributed by atoms with Crippen LogP contribution < -0.4 is 4.90 Å². The van der Waals surface area contributed by atoms with Crippen LogP contribution in [0, 0.1) is 6.07 Å². The van der Waals surface area contributed by atoms with Gasteiger partial charge in [-0.25, -0.2) is 0 Å². The third-order valence-corrected chi connectivity index (χ3v) is 2.11. The predicted molar refractivity (Wildman–Crippen MR) is 58.9 cm³/mol. The minimum atomic E-state index is 0.621. The van der Waals surface area contributed by atoms with E-state index >= 15 is 0 Å². The molecule has 0 saturated heterocycles. The second-order valence-electron chi connectivity index (χ2n) is 2.62. The summed E-state index contributed by atoms with van der Waals surface area (Å²) in [4.78, 5) is 2.16. The normalized spacial score (nSPS) is 10.0. The minimum Gasteiger partial charge on any atom is -0.369 e. The van der Waals surface area contributed by atoms with Crippen molar-refractivity contribution >= 4 is 28.9 Å². The van der Waals surface area contributed by atoms with Crippen LogP contribution in [-0.2, 0) is 0 Å². The van der Waals surface area contributed by atoms with Crippen LogP contribution >= 0.6 is 23.2 Å². The van der Waals surface area contributed by atoms with Crippen molar-refractivity contribution in [1.29, 1.82) is 0 Å². The molecule has 1 aromatic carbocycles. The van der Waals surface area contributed by atoms with E-state index in [1.807, 2.05) is 24.3 Å². The summed E-state index contributed by atoms with van der Waals surface area (Å²) < 4.78 is 0. The molecule has 0 spiro atoms. The van der Waals surface area contributed by atoms with Crippen molar-refractivity contribution in [3.05, 3.63) is 30.3 Å². The molecule has 1 radical (unpaired) electrons. The van der Waals surface area contributed by atoms with Crippen molar-refractivity contribution in [2.45, 2.75) is 0 Å². The van der Waals surface area contributed by atoms with Gasteiger partial charge in [-0.1, -0.05) is 12.1 Å². The lowest BCUT2D eigenvalue weighted by Gasteiger charge is -2.22. The quantitative estimate of drug-likeness (QED) is 0.685.